The van der Waals surface area contributed by atoms with Crippen molar-refractivity contribution in [2.24, 2.45) is 0 Å². The molecule has 0 aliphatic rings. The summed E-state index contributed by atoms with van der Waals surface area (Å²) < 4.78 is 46.7. The van der Waals surface area contributed by atoms with Gasteiger partial charge in [-0.1, -0.05) is 0 Å². The van der Waals surface area contributed by atoms with Crippen molar-refractivity contribution in [2.45, 2.75) is 33.0 Å². The molecule has 0 spiro atoms. The smallest absolute Gasteiger partial charge is 0.129 e. The maximum Gasteiger partial charge on any atom is 0.129 e. The van der Waals surface area contributed by atoms with Crippen LogP contribution in [0.15, 0.2) is 97.6 Å². The Bertz CT molecular complexity index is 1770. The molecule has 222 valence electrons. The lowest BCUT2D eigenvalue weighted by molar-refractivity contribution is 0.0733. The molecule has 0 saturated carbocycles. The van der Waals surface area contributed by atoms with Gasteiger partial charge in [0.1, 0.15) is 34.6 Å². The number of hydrogen-bond acceptors (Lipinski definition) is 6. The van der Waals surface area contributed by atoms with E-state index in [4.69, 9.17) is 19.3 Å². The van der Waals surface area contributed by atoms with Crippen LogP contribution >= 0.6 is 0 Å². The van der Waals surface area contributed by atoms with E-state index in [1.165, 1.54) is 24.3 Å². The number of ether oxygens (including phenoxy) is 3. The maximum atomic E-state index is 12.9. The highest BCUT2D eigenvalue weighted by Crippen LogP contribution is 2.27. The third-order valence-electron chi connectivity index (χ3n) is 6.41. The Morgan fingerprint density at radius 2 is 1.09 bits per heavy atom. The highest BCUT2D eigenvalue weighted by atomic mass is 19.1. The molecule has 6 aromatic rings. The Balaban J connectivity index is 0.000000173. The number of aliphatic hydroxyl groups is 1. The Kier molecular flexibility index (Phi) is 9.60. The van der Waals surface area contributed by atoms with Crippen molar-refractivity contribution in [3.8, 4) is 23.0 Å². The van der Waals surface area contributed by atoms with Gasteiger partial charge in [-0.15, -0.1) is 0 Å². The lowest BCUT2D eigenvalue weighted by atomic mass is 10.3. The molecule has 2 aromatic heterocycles. The first-order chi connectivity index (χ1) is 20.9. The molecular weight excluding hydrogens is 554 g/mol. The predicted octanol–water partition coefficient (Wildman–Crippen LogP) is 7.35. The third kappa shape index (κ3) is 7.94. The summed E-state index contributed by atoms with van der Waals surface area (Å²) in [7, 11) is 0. The standard InChI is InChI=1S/C18H19FN2O2.C15H13FN2O2/c1-13(2)22-10-9-21-12-20-17-8-7-16(11-18(17)21)23-15-5-3-14(19)4-6-15;16-11-1-3-12(4-2-11)20-13-5-6-14-15(9-13)18(7-8-19)10-17-14/h3-8,11-13H,9-10H2,1-2H3;1-6,9-10,19H,7-8H2. The van der Waals surface area contributed by atoms with Gasteiger partial charge in [0.25, 0.3) is 0 Å². The molecule has 0 aliphatic carbocycles. The first-order valence-corrected chi connectivity index (χ1v) is 13.9. The Morgan fingerprint density at radius 3 is 1.53 bits per heavy atom. The second-order valence-corrected chi connectivity index (χ2v) is 9.93. The molecule has 0 atom stereocenters. The summed E-state index contributed by atoms with van der Waals surface area (Å²) in [6.07, 6.45) is 3.70. The van der Waals surface area contributed by atoms with Crippen molar-refractivity contribution >= 4 is 22.1 Å². The van der Waals surface area contributed by atoms with Crippen LogP contribution < -0.4 is 9.47 Å². The Labute approximate surface area is 247 Å². The van der Waals surface area contributed by atoms with Crippen LogP contribution in [0.1, 0.15) is 13.8 Å². The van der Waals surface area contributed by atoms with Crippen LogP contribution in [0.5, 0.6) is 23.0 Å². The minimum absolute atomic E-state index is 0.0501. The van der Waals surface area contributed by atoms with Gasteiger partial charge < -0.3 is 28.5 Å². The summed E-state index contributed by atoms with van der Waals surface area (Å²) in [6.45, 7) is 5.92. The van der Waals surface area contributed by atoms with Crippen molar-refractivity contribution in [3.63, 3.8) is 0 Å². The van der Waals surface area contributed by atoms with E-state index in [0.717, 1.165) is 28.6 Å². The largest absolute Gasteiger partial charge is 0.457 e. The van der Waals surface area contributed by atoms with E-state index in [-0.39, 0.29) is 24.3 Å². The van der Waals surface area contributed by atoms with Gasteiger partial charge in [0.2, 0.25) is 0 Å². The van der Waals surface area contributed by atoms with Crippen LogP contribution in [0, 0.1) is 11.6 Å². The van der Waals surface area contributed by atoms with Crippen LogP contribution in [-0.4, -0.2) is 43.5 Å². The topological polar surface area (TPSA) is 83.6 Å². The van der Waals surface area contributed by atoms with Gasteiger partial charge in [-0.05, 0) is 86.6 Å². The zero-order chi connectivity index (χ0) is 30.2. The van der Waals surface area contributed by atoms with Crippen LogP contribution in [0.4, 0.5) is 8.78 Å². The number of rotatable bonds is 10. The first kappa shape index (κ1) is 29.7. The number of benzene rings is 4. The monoisotopic (exact) mass is 586 g/mol. The quantitative estimate of drug-likeness (QED) is 0.181. The molecule has 43 heavy (non-hydrogen) atoms. The van der Waals surface area contributed by atoms with E-state index in [9.17, 15) is 8.78 Å². The van der Waals surface area contributed by atoms with Crippen LogP contribution in [-0.2, 0) is 17.8 Å². The number of nitrogens with zero attached hydrogens (tertiary/aromatic N) is 4. The molecule has 8 nitrogen and oxygen atoms in total. The Hall–Kier alpha value is -4.80. The maximum absolute atomic E-state index is 12.9. The summed E-state index contributed by atoms with van der Waals surface area (Å²) in [5.41, 5.74) is 3.61. The Morgan fingerprint density at radius 1 is 0.651 bits per heavy atom. The number of hydrogen-bond donors (Lipinski definition) is 1. The van der Waals surface area contributed by atoms with Crippen LogP contribution in [0.3, 0.4) is 0 Å². The minimum Gasteiger partial charge on any atom is -0.457 e. The fourth-order valence-electron chi connectivity index (χ4n) is 4.33. The normalized spacial score (nSPS) is 11.1. The summed E-state index contributed by atoms with van der Waals surface area (Å²) in [5, 5.41) is 9.01. The number of aliphatic hydroxyl groups excluding tert-OH is 1. The van der Waals surface area contributed by atoms with E-state index in [0.29, 0.717) is 36.1 Å². The summed E-state index contributed by atoms with van der Waals surface area (Å²) in [4.78, 5) is 8.62. The summed E-state index contributed by atoms with van der Waals surface area (Å²) in [5.74, 6) is 1.92. The second kappa shape index (κ2) is 13.9. The molecule has 2 heterocycles. The average Bonchev–Trinajstić information content (AvgIpc) is 3.59. The zero-order valence-corrected chi connectivity index (χ0v) is 23.9. The van der Waals surface area contributed by atoms with Crippen molar-refractivity contribution < 1.29 is 28.1 Å². The summed E-state index contributed by atoms with van der Waals surface area (Å²) >= 11 is 0. The minimum atomic E-state index is -0.297. The SMILES string of the molecule is CC(C)OCCn1cnc2ccc(Oc3ccc(F)cc3)cc21.OCCn1cnc2ccc(Oc3ccc(F)cc3)cc21. The molecule has 0 amide bonds. The lowest BCUT2D eigenvalue weighted by Gasteiger charge is -2.09. The highest BCUT2D eigenvalue weighted by molar-refractivity contribution is 5.78. The summed E-state index contributed by atoms with van der Waals surface area (Å²) in [6, 6.07) is 23.0. The van der Waals surface area contributed by atoms with E-state index in [1.807, 2.05) is 59.4 Å². The number of halogens is 2. The molecule has 4 aromatic carbocycles. The van der Waals surface area contributed by atoms with Gasteiger partial charge >= 0.3 is 0 Å². The van der Waals surface area contributed by atoms with Gasteiger partial charge in [-0.2, -0.15) is 0 Å². The van der Waals surface area contributed by atoms with Crippen molar-refractivity contribution in [3.05, 3.63) is 109 Å². The fraction of sp³-hybridized carbons (Fsp3) is 0.212. The van der Waals surface area contributed by atoms with Crippen molar-refractivity contribution in [1.82, 2.24) is 19.1 Å². The van der Waals surface area contributed by atoms with E-state index >= 15 is 0 Å². The van der Waals surface area contributed by atoms with Gasteiger partial charge in [-0.25, -0.2) is 18.7 Å². The van der Waals surface area contributed by atoms with E-state index in [2.05, 4.69) is 9.97 Å². The van der Waals surface area contributed by atoms with Gasteiger partial charge in [0.05, 0.1) is 54.0 Å². The molecule has 0 unspecified atom stereocenters. The number of fused-ring (bicyclic) bond motifs is 2. The first-order valence-electron chi connectivity index (χ1n) is 13.9. The molecule has 0 aliphatic heterocycles. The van der Waals surface area contributed by atoms with Gasteiger partial charge in [-0.3, -0.25) is 0 Å². The highest BCUT2D eigenvalue weighted by Gasteiger charge is 2.07. The van der Waals surface area contributed by atoms with Crippen molar-refractivity contribution in [2.75, 3.05) is 13.2 Å². The average molecular weight is 587 g/mol. The molecule has 10 heteroatoms. The van der Waals surface area contributed by atoms with E-state index in [1.54, 1.807) is 36.9 Å². The number of imidazole rings is 2. The second-order valence-electron chi connectivity index (χ2n) is 9.93. The molecule has 1 N–H and O–H groups in total. The zero-order valence-electron chi connectivity index (χ0n) is 23.9. The molecule has 0 saturated heterocycles. The van der Waals surface area contributed by atoms with Crippen LogP contribution in [0.2, 0.25) is 0 Å². The molecule has 0 bridgehead atoms. The van der Waals surface area contributed by atoms with Crippen molar-refractivity contribution in [1.29, 1.82) is 0 Å². The van der Waals surface area contributed by atoms with Crippen LogP contribution in [0.25, 0.3) is 22.1 Å². The third-order valence-corrected chi connectivity index (χ3v) is 6.41. The fourth-order valence-corrected chi connectivity index (χ4v) is 4.33. The number of aromatic nitrogens is 4. The van der Waals surface area contributed by atoms with Gasteiger partial charge in [0.15, 0.2) is 0 Å². The van der Waals surface area contributed by atoms with Gasteiger partial charge in [0, 0.05) is 25.2 Å². The van der Waals surface area contributed by atoms with E-state index < -0.39 is 0 Å². The molecule has 0 fully saturated rings. The molecule has 6 rings (SSSR count). The lowest BCUT2D eigenvalue weighted by Crippen LogP contribution is -2.09. The predicted molar refractivity (Wildman–Crippen MR) is 161 cm³/mol. The molecular formula is C33H32F2N4O4. The molecule has 0 radical (unpaired) electrons.